The summed E-state index contributed by atoms with van der Waals surface area (Å²) >= 11 is 5.95. The summed E-state index contributed by atoms with van der Waals surface area (Å²) in [4.78, 5) is 8.91. The number of halogens is 1. The average Bonchev–Trinajstić information content (AvgIpc) is 2.82. The van der Waals surface area contributed by atoms with Crippen molar-refractivity contribution in [2.24, 2.45) is 0 Å². The van der Waals surface area contributed by atoms with E-state index in [1.54, 1.807) is 12.4 Å². The molecule has 2 aromatic carbocycles. The first-order valence-electron chi connectivity index (χ1n) is 11.1. The molecule has 1 N–H and O–H groups in total. The molecule has 0 spiro atoms. The molecule has 1 atom stereocenters. The molecule has 1 aliphatic heterocycles. The quantitative estimate of drug-likeness (QED) is 0.532. The van der Waals surface area contributed by atoms with E-state index in [4.69, 9.17) is 16.3 Å². The number of β-amino-alcohol motifs (C(OH)–C–C–N with tert-alkyl or cyclic N) is 1. The zero-order chi connectivity index (χ0) is 22.2. The molecular weight excluding hydrogens is 422 g/mol. The van der Waals surface area contributed by atoms with E-state index >= 15 is 0 Å². The summed E-state index contributed by atoms with van der Waals surface area (Å²) in [5, 5.41) is 11.0. The molecule has 1 aliphatic rings. The number of piperazine rings is 1. The third-order valence-electron chi connectivity index (χ3n) is 5.81. The van der Waals surface area contributed by atoms with E-state index < -0.39 is 6.10 Å². The Morgan fingerprint density at radius 3 is 2.12 bits per heavy atom. The highest BCUT2D eigenvalue weighted by molar-refractivity contribution is 6.30. The first-order chi connectivity index (χ1) is 15.7. The smallest absolute Gasteiger partial charge is 0.0900 e. The summed E-state index contributed by atoms with van der Waals surface area (Å²) in [7, 11) is 0. The number of hydrogen-bond donors (Lipinski definition) is 1. The van der Waals surface area contributed by atoms with Gasteiger partial charge in [0.2, 0.25) is 0 Å². The highest BCUT2D eigenvalue weighted by Crippen LogP contribution is 2.29. The van der Waals surface area contributed by atoms with Crippen LogP contribution in [-0.2, 0) is 11.3 Å². The van der Waals surface area contributed by atoms with E-state index in [-0.39, 0.29) is 6.04 Å². The van der Waals surface area contributed by atoms with Crippen LogP contribution in [0, 0.1) is 0 Å². The van der Waals surface area contributed by atoms with Gasteiger partial charge in [-0.2, -0.15) is 0 Å². The first kappa shape index (κ1) is 22.9. The van der Waals surface area contributed by atoms with Crippen LogP contribution in [0.15, 0.2) is 79.1 Å². The SMILES string of the molecule is OC(COCc1cncc(Cl)c1)CN1CCN(C(c2ccccc2)c2ccccc2)CC1. The lowest BCUT2D eigenvalue weighted by Gasteiger charge is -2.40. The van der Waals surface area contributed by atoms with Crippen molar-refractivity contribution in [3.63, 3.8) is 0 Å². The topological polar surface area (TPSA) is 48.8 Å². The van der Waals surface area contributed by atoms with Gasteiger partial charge in [0.05, 0.1) is 30.4 Å². The number of rotatable bonds is 9. The zero-order valence-electron chi connectivity index (χ0n) is 18.2. The Morgan fingerprint density at radius 2 is 1.53 bits per heavy atom. The summed E-state index contributed by atoms with van der Waals surface area (Å²) in [6.07, 6.45) is 2.81. The van der Waals surface area contributed by atoms with Crippen LogP contribution in [0.3, 0.4) is 0 Å². The number of ether oxygens (including phenoxy) is 1. The molecule has 1 unspecified atom stereocenters. The van der Waals surface area contributed by atoms with E-state index in [0.29, 0.717) is 24.8 Å². The van der Waals surface area contributed by atoms with Gasteiger partial charge in [-0.05, 0) is 22.8 Å². The van der Waals surface area contributed by atoms with Gasteiger partial charge >= 0.3 is 0 Å². The number of pyridine rings is 1. The van der Waals surface area contributed by atoms with Crippen LogP contribution in [0.1, 0.15) is 22.7 Å². The Morgan fingerprint density at radius 1 is 0.906 bits per heavy atom. The summed E-state index contributed by atoms with van der Waals surface area (Å²) in [5.41, 5.74) is 3.54. The Bertz CT molecular complexity index is 910. The monoisotopic (exact) mass is 451 g/mol. The molecule has 6 heteroatoms. The van der Waals surface area contributed by atoms with Gasteiger partial charge < -0.3 is 9.84 Å². The number of aromatic nitrogens is 1. The lowest BCUT2D eigenvalue weighted by atomic mass is 9.96. The molecular formula is C26H30ClN3O2. The van der Waals surface area contributed by atoms with Crippen LogP contribution < -0.4 is 0 Å². The number of benzene rings is 2. The molecule has 2 heterocycles. The summed E-state index contributed by atoms with van der Waals surface area (Å²) in [5.74, 6) is 0. The Kier molecular flexibility index (Phi) is 8.26. The Labute approximate surface area is 195 Å². The molecule has 0 aliphatic carbocycles. The van der Waals surface area contributed by atoms with Gasteiger partial charge in [0.1, 0.15) is 0 Å². The maximum absolute atomic E-state index is 10.4. The molecule has 5 nitrogen and oxygen atoms in total. The molecule has 0 bridgehead atoms. The molecule has 3 aromatic rings. The van der Waals surface area contributed by atoms with Gasteiger partial charge in [0, 0.05) is 45.1 Å². The second kappa shape index (κ2) is 11.5. The van der Waals surface area contributed by atoms with E-state index in [1.807, 2.05) is 6.07 Å². The van der Waals surface area contributed by atoms with Crippen LogP contribution in [-0.4, -0.2) is 65.3 Å². The number of aliphatic hydroxyl groups is 1. The molecule has 4 rings (SSSR count). The molecule has 1 fully saturated rings. The van der Waals surface area contributed by atoms with E-state index in [0.717, 1.165) is 31.7 Å². The number of hydrogen-bond acceptors (Lipinski definition) is 5. The van der Waals surface area contributed by atoms with Crippen molar-refractivity contribution in [1.29, 1.82) is 0 Å². The third-order valence-corrected chi connectivity index (χ3v) is 6.02. The number of nitrogens with zero attached hydrogens (tertiary/aromatic N) is 3. The zero-order valence-corrected chi connectivity index (χ0v) is 18.9. The first-order valence-corrected chi connectivity index (χ1v) is 11.5. The van der Waals surface area contributed by atoms with Gasteiger partial charge in [0.25, 0.3) is 0 Å². The van der Waals surface area contributed by atoms with Crippen LogP contribution in [0.4, 0.5) is 0 Å². The highest BCUT2D eigenvalue weighted by atomic mass is 35.5. The van der Waals surface area contributed by atoms with Crippen LogP contribution in [0.25, 0.3) is 0 Å². The molecule has 168 valence electrons. The van der Waals surface area contributed by atoms with Gasteiger partial charge in [-0.3, -0.25) is 14.8 Å². The Hall–Kier alpha value is -2.28. The largest absolute Gasteiger partial charge is 0.389 e. The van der Waals surface area contributed by atoms with Crippen molar-refractivity contribution < 1.29 is 9.84 Å². The normalized spacial score (nSPS) is 16.3. The molecule has 32 heavy (non-hydrogen) atoms. The minimum absolute atomic E-state index is 0.249. The maximum Gasteiger partial charge on any atom is 0.0900 e. The van der Waals surface area contributed by atoms with Crippen molar-refractivity contribution in [2.75, 3.05) is 39.3 Å². The fraction of sp³-hybridized carbons (Fsp3) is 0.346. The predicted octanol–water partition coefficient (Wildman–Crippen LogP) is 4.02. The fourth-order valence-corrected chi connectivity index (χ4v) is 4.48. The van der Waals surface area contributed by atoms with Gasteiger partial charge in [0.15, 0.2) is 0 Å². The summed E-state index contributed by atoms with van der Waals surface area (Å²) < 4.78 is 5.67. The molecule has 0 amide bonds. The van der Waals surface area contributed by atoms with Gasteiger partial charge in [-0.25, -0.2) is 0 Å². The molecule has 0 radical (unpaired) electrons. The minimum Gasteiger partial charge on any atom is -0.389 e. The van der Waals surface area contributed by atoms with Crippen molar-refractivity contribution in [1.82, 2.24) is 14.8 Å². The average molecular weight is 452 g/mol. The lowest BCUT2D eigenvalue weighted by Crippen LogP contribution is -2.50. The molecule has 1 aromatic heterocycles. The van der Waals surface area contributed by atoms with Gasteiger partial charge in [-0.1, -0.05) is 72.3 Å². The van der Waals surface area contributed by atoms with Crippen molar-refractivity contribution in [3.8, 4) is 0 Å². The van der Waals surface area contributed by atoms with E-state index in [9.17, 15) is 5.11 Å². The van der Waals surface area contributed by atoms with E-state index in [2.05, 4.69) is 75.4 Å². The highest BCUT2D eigenvalue weighted by Gasteiger charge is 2.27. The van der Waals surface area contributed by atoms with Crippen LogP contribution in [0.5, 0.6) is 0 Å². The molecule has 1 saturated heterocycles. The standard InChI is InChI=1S/C26H30ClN3O2/c27-24-15-21(16-28-17-24)19-32-20-25(31)18-29-11-13-30(14-12-29)26(22-7-3-1-4-8-22)23-9-5-2-6-10-23/h1-10,15-17,25-26,31H,11-14,18-20H2. The predicted molar refractivity (Wildman–Crippen MR) is 128 cm³/mol. The van der Waals surface area contributed by atoms with Crippen molar-refractivity contribution in [2.45, 2.75) is 18.8 Å². The fourth-order valence-electron chi connectivity index (χ4n) is 4.29. The van der Waals surface area contributed by atoms with Gasteiger partial charge in [-0.15, -0.1) is 0 Å². The molecule has 0 saturated carbocycles. The maximum atomic E-state index is 10.4. The number of aliphatic hydroxyl groups excluding tert-OH is 1. The lowest BCUT2D eigenvalue weighted by molar-refractivity contribution is -0.000762. The summed E-state index contributed by atoms with van der Waals surface area (Å²) in [6, 6.07) is 23.5. The van der Waals surface area contributed by atoms with Crippen molar-refractivity contribution >= 4 is 11.6 Å². The Balaban J connectivity index is 1.28. The van der Waals surface area contributed by atoms with E-state index in [1.165, 1.54) is 11.1 Å². The second-order valence-electron chi connectivity index (χ2n) is 8.24. The second-order valence-corrected chi connectivity index (χ2v) is 8.68. The van der Waals surface area contributed by atoms with Crippen molar-refractivity contribution in [3.05, 3.63) is 101 Å². The van der Waals surface area contributed by atoms with Crippen LogP contribution >= 0.6 is 11.6 Å². The minimum atomic E-state index is -0.521. The third kappa shape index (κ3) is 6.37. The van der Waals surface area contributed by atoms with Crippen LogP contribution in [0.2, 0.25) is 5.02 Å². The summed E-state index contributed by atoms with van der Waals surface area (Å²) in [6.45, 7) is 5.06.